The number of aromatic nitrogens is 6. The molecule has 1 unspecified atom stereocenters. The molecule has 3 aromatic heterocycles. The molecule has 1 aliphatic rings. The van der Waals surface area contributed by atoms with E-state index in [0.29, 0.717) is 17.9 Å². The first kappa shape index (κ1) is 16.1. The Bertz CT molecular complexity index is 844. The Balaban J connectivity index is 1.65. The van der Waals surface area contributed by atoms with Crippen LogP contribution in [0.2, 0.25) is 0 Å². The zero-order valence-electron chi connectivity index (χ0n) is 14.9. The van der Waals surface area contributed by atoms with Crippen molar-refractivity contribution in [1.29, 1.82) is 0 Å². The summed E-state index contributed by atoms with van der Waals surface area (Å²) in [6, 6.07) is 0.416. The third-order valence-corrected chi connectivity index (χ3v) is 5.22. The van der Waals surface area contributed by atoms with E-state index in [4.69, 9.17) is 4.98 Å². The van der Waals surface area contributed by atoms with Gasteiger partial charge in [0.15, 0.2) is 5.65 Å². The van der Waals surface area contributed by atoms with Crippen LogP contribution in [0.4, 0.5) is 11.6 Å². The predicted molar refractivity (Wildman–Crippen MR) is 97.7 cm³/mol. The van der Waals surface area contributed by atoms with Gasteiger partial charge in [0.2, 0.25) is 5.95 Å². The maximum absolute atomic E-state index is 4.74. The van der Waals surface area contributed by atoms with Crippen molar-refractivity contribution < 1.29 is 0 Å². The summed E-state index contributed by atoms with van der Waals surface area (Å²) in [6.07, 6.45) is 15.1. The van der Waals surface area contributed by atoms with E-state index in [1.165, 1.54) is 32.1 Å². The van der Waals surface area contributed by atoms with Gasteiger partial charge in [-0.25, -0.2) is 9.67 Å². The smallest absolute Gasteiger partial charge is 0.229 e. The highest BCUT2D eigenvalue weighted by atomic mass is 15.3. The summed E-state index contributed by atoms with van der Waals surface area (Å²) in [4.78, 5) is 9.15. The van der Waals surface area contributed by atoms with Crippen LogP contribution >= 0.6 is 0 Å². The van der Waals surface area contributed by atoms with Gasteiger partial charge in [-0.15, -0.1) is 0 Å². The van der Waals surface area contributed by atoms with E-state index >= 15 is 0 Å². The third kappa shape index (κ3) is 3.23. The van der Waals surface area contributed by atoms with E-state index in [1.54, 1.807) is 10.9 Å². The minimum Gasteiger partial charge on any atom is -0.321 e. The normalized spacial score (nSPS) is 17.0. The van der Waals surface area contributed by atoms with E-state index in [1.807, 2.05) is 25.6 Å². The van der Waals surface area contributed by atoms with Crippen molar-refractivity contribution in [2.45, 2.75) is 51.5 Å². The van der Waals surface area contributed by atoms with Crippen LogP contribution in [-0.4, -0.2) is 29.5 Å². The summed E-state index contributed by atoms with van der Waals surface area (Å²) < 4.78 is 3.88. The van der Waals surface area contributed by atoms with E-state index in [-0.39, 0.29) is 0 Å². The Labute approximate surface area is 147 Å². The lowest BCUT2D eigenvalue weighted by Gasteiger charge is -2.30. The fraction of sp³-hybridized carbons (Fsp3) is 0.556. The predicted octanol–water partition coefficient (Wildman–Crippen LogP) is 3.83. The minimum atomic E-state index is 0.416. The number of nitrogens with one attached hydrogen (secondary N) is 1. The molecule has 25 heavy (non-hydrogen) atoms. The topological polar surface area (TPSA) is 73.5 Å². The molecule has 0 bridgehead atoms. The SMILES string of the molecule is CCC(C1CCCCC1)n1ncc2cnc(Nc3cnn(C)c3)nc21. The molecule has 0 aliphatic heterocycles. The van der Waals surface area contributed by atoms with E-state index in [2.05, 4.69) is 32.1 Å². The molecule has 7 nitrogen and oxygen atoms in total. The molecule has 132 valence electrons. The molecule has 0 radical (unpaired) electrons. The van der Waals surface area contributed by atoms with Crippen molar-refractivity contribution in [3.05, 3.63) is 24.8 Å². The van der Waals surface area contributed by atoms with Gasteiger partial charge in [0, 0.05) is 19.4 Å². The Morgan fingerprint density at radius 1 is 1.16 bits per heavy atom. The van der Waals surface area contributed by atoms with Gasteiger partial charge in [0.25, 0.3) is 0 Å². The van der Waals surface area contributed by atoms with Crippen LogP contribution in [0.3, 0.4) is 0 Å². The van der Waals surface area contributed by atoms with Crippen molar-refractivity contribution in [1.82, 2.24) is 29.5 Å². The maximum Gasteiger partial charge on any atom is 0.229 e. The Morgan fingerprint density at radius 3 is 2.72 bits per heavy atom. The number of hydrogen-bond donors (Lipinski definition) is 1. The summed E-state index contributed by atoms with van der Waals surface area (Å²) in [5.41, 5.74) is 1.80. The zero-order chi connectivity index (χ0) is 17.2. The molecule has 1 atom stereocenters. The summed E-state index contributed by atoms with van der Waals surface area (Å²) >= 11 is 0. The highest BCUT2D eigenvalue weighted by Crippen LogP contribution is 2.35. The summed E-state index contributed by atoms with van der Waals surface area (Å²) in [5.74, 6) is 1.28. The molecule has 0 spiro atoms. The molecule has 1 saturated carbocycles. The first-order chi connectivity index (χ1) is 12.2. The van der Waals surface area contributed by atoms with E-state index in [0.717, 1.165) is 23.1 Å². The molecule has 1 fully saturated rings. The maximum atomic E-state index is 4.74. The second-order valence-corrected chi connectivity index (χ2v) is 6.96. The second-order valence-electron chi connectivity index (χ2n) is 6.96. The first-order valence-electron chi connectivity index (χ1n) is 9.20. The van der Waals surface area contributed by atoms with Gasteiger partial charge in [-0.3, -0.25) is 4.68 Å². The van der Waals surface area contributed by atoms with Crippen molar-refractivity contribution >= 4 is 22.7 Å². The Morgan fingerprint density at radius 2 is 2.00 bits per heavy atom. The summed E-state index contributed by atoms with van der Waals surface area (Å²) in [7, 11) is 1.89. The molecule has 0 amide bonds. The number of fused-ring (bicyclic) bond motifs is 1. The molecule has 1 N–H and O–H groups in total. The first-order valence-corrected chi connectivity index (χ1v) is 9.20. The van der Waals surface area contributed by atoms with Crippen molar-refractivity contribution in [3.8, 4) is 0 Å². The van der Waals surface area contributed by atoms with Crippen LogP contribution in [-0.2, 0) is 7.05 Å². The van der Waals surface area contributed by atoms with Crippen LogP contribution in [0.15, 0.2) is 24.8 Å². The molecule has 3 aromatic rings. The number of nitrogens with zero attached hydrogens (tertiary/aromatic N) is 6. The fourth-order valence-electron chi connectivity index (χ4n) is 3.98. The van der Waals surface area contributed by atoms with Gasteiger partial charge in [-0.1, -0.05) is 26.2 Å². The van der Waals surface area contributed by atoms with Crippen LogP contribution in [0, 0.1) is 5.92 Å². The Kier molecular flexibility index (Phi) is 4.38. The molecule has 4 rings (SSSR count). The Hall–Kier alpha value is -2.44. The van der Waals surface area contributed by atoms with Gasteiger partial charge in [-0.05, 0) is 25.2 Å². The molecule has 0 saturated heterocycles. The molecule has 3 heterocycles. The highest BCUT2D eigenvalue weighted by Gasteiger charge is 2.26. The van der Waals surface area contributed by atoms with E-state index in [9.17, 15) is 0 Å². The van der Waals surface area contributed by atoms with Crippen LogP contribution in [0.1, 0.15) is 51.5 Å². The van der Waals surface area contributed by atoms with Gasteiger partial charge >= 0.3 is 0 Å². The lowest BCUT2D eigenvalue weighted by molar-refractivity contribution is 0.233. The third-order valence-electron chi connectivity index (χ3n) is 5.22. The molecule has 0 aromatic carbocycles. The van der Waals surface area contributed by atoms with Gasteiger partial charge in [-0.2, -0.15) is 15.2 Å². The van der Waals surface area contributed by atoms with Crippen molar-refractivity contribution in [2.24, 2.45) is 13.0 Å². The minimum absolute atomic E-state index is 0.416. The van der Waals surface area contributed by atoms with Gasteiger partial charge < -0.3 is 5.32 Å². The molecule has 7 heteroatoms. The van der Waals surface area contributed by atoms with Crippen LogP contribution in [0.5, 0.6) is 0 Å². The largest absolute Gasteiger partial charge is 0.321 e. The summed E-state index contributed by atoms with van der Waals surface area (Å²) in [6.45, 7) is 2.25. The number of rotatable bonds is 5. The summed E-state index contributed by atoms with van der Waals surface area (Å²) in [5, 5.41) is 13.0. The molecular weight excluding hydrogens is 314 g/mol. The number of hydrogen-bond acceptors (Lipinski definition) is 5. The fourth-order valence-corrected chi connectivity index (χ4v) is 3.98. The standard InChI is InChI=1S/C18H25N7/c1-3-16(13-7-5-4-6-8-13)25-17-14(10-21-25)9-19-18(23-17)22-15-11-20-24(2)12-15/h9-13,16H,3-8H2,1-2H3,(H,19,22,23). The lowest BCUT2D eigenvalue weighted by Crippen LogP contribution is -2.22. The van der Waals surface area contributed by atoms with E-state index < -0.39 is 0 Å². The zero-order valence-corrected chi connectivity index (χ0v) is 14.9. The van der Waals surface area contributed by atoms with Crippen molar-refractivity contribution in [2.75, 3.05) is 5.32 Å². The molecule has 1 aliphatic carbocycles. The number of anilines is 2. The van der Waals surface area contributed by atoms with Gasteiger partial charge in [0.1, 0.15) is 0 Å². The van der Waals surface area contributed by atoms with Crippen molar-refractivity contribution in [3.63, 3.8) is 0 Å². The lowest BCUT2D eigenvalue weighted by atomic mass is 9.83. The van der Waals surface area contributed by atoms with Crippen LogP contribution in [0.25, 0.3) is 11.0 Å². The highest BCUT2D eigenvalue weighted by molar-refractivity contribution is 5.75. The number of aryl methyl sites for hydroxylation is 1. The second kappa shape index (κ2) is 6.82. The average molecular weight is 339 g/mol. The monoisotopic (exact) mass is 339 g/mol. The molecular formula is C18H25N7. The average Bonchev–Trinajstić information content (AvgIpc) is 3.23. The quantitative estimate of drug-likeness (QED) is 0.764. The van der Waals surface area contributed by atoms with Crippen LogP contribution < -0.4 is 5.32 Å². The van der Waals surface area contributed by atoms with Gasteiger partial charge in [0.05, 0.1) is 29.5 Å².